The zero-order chi connectivity index (χ0) is 38.1. The third-order valence-corrected chi connectivity index (χ3v) is 12.7. The summed E-state index contributed by atoms with van der Waals surface area (Å²) in [5.41, 5.74) is -0.570. The molecule has 0 aliphatic rings. The Kier molecular flexibility index (Phi) is 11.7. The number of sulfone groups is 2. The van der Waals surface area contributed by atoms with Gasteiger partial charge < -0.3 is 19.7 Å². The van der Waals surface area contributed by atoms with Crippen LogP contribution in [0.15, 0.2) is 67.6 Å². The molecule has 0 atom stereocenters. The molecule has 0 saturated heterocycles. The minimum Gasteiger partial charge on any atom is -0.359 e. The lowest BCUT2D eigenvalue weighted by atomic mass is 9.93. The Bertz CT molecular complexity index is 1910. The van der Waals surface area contributed by atoms with E-state index >= 15 is 0 Å². The van der Waals surface area contributed by atoms with Crippen molar-refractivity contribution in [3.8, 4) is 0 Å². The number of nitrogens with zero attached hydrogens (tertiary/aromatic N) is 4. The van der Waals surface area contributed by atoms with Crippen molar-refractivity contribution in [1.29, 1.82) is 0 Å². The van der Waals surface area contributed by atoms with E-state index < -0.39 is 41.0 Å². The average Bonchev–Trinajstić information content (AvgIpc) is 3.68. The number of nitrogens with one attached hydrogen (secondary N) is 2. The lowest BCUT2D eigenvalue weighted by Crippen LogP contribution is -2.44. The molecule has 0 aliphatic carbocycles. The number of anilines is 2. The topological polar surface area (TPSA) is 204 Å². The lowest BCUT2D eigenvalue weighted by molar-refractivity contribution is -0.118. The Labute approximate surface area is 301 Å². The molecule has 50 heavy (non-hydrogen) atoms. The second kappa shape index (κ2) is 14.4. The molecule has 0 fully saturated rings. The molecule has 4 heterocycles. The van der Waals surface area contributed by atoms with Gasteiger partial charge in [-0.05, 0) is 52.0 Å². The molecule has 272 valence electrons. The highest BCUT2D eigenvalue weighted by molar-refractivity contribution is 7.94. The summed E-state index contributed by atoms with van der Waals surface area (Å²) in [6, 6.07) is 8.49. The van der Waals surface area contributed by atoms with E-state index in [4.69, 9.17) is 32.2 Å². The zero-order valence-corrected chi connectivity index (χ0v) is 32.4. The minimum absolute atomic E-state index is 0.0902. The number of amides is 2. The summed E-state index contributed by atoms with van der Waals surface area (Å²) in [5.74, 6) is 0.0167. The van der Waals surface area contributed by atoms with Gasteiger partial charge in [-0.3, -0.25) is 9.59 Å². The predicted molar refractivity (Wildman–Crippen MR) is 189 cm³/mol. The van der Waals surface area contributed by atoms with Gasteiger partial charge in [-0.25, -0.2) is 26.8 Å². The standard InChI is InChI=1S/2C16H20ClN3O4S/c2*1-15(2,3)11-8-13(20-24-11)19-14(21)16(4,5)25(22,23)10-6-7-12(17)18-9-10/h2*6-9H,1-5H3,(H,19,20,21). The van der Waals surface area contributed by atoms with Gasteiger partial charge in [0.2, 0.25) is 11.8 Å². The Morgan fingerprint density at radius 1 is 0.600 bits per heavy atom. The highest BCUT2D eigenvalue weighted by atomic mass is 35.5. The predicted octanol–water partition coefficient (Wildman–Crippen LogP) is 6.42. The van der Waals surface area contributed by atoms with Crippen LogP contribution in [0.1, 0.15) is 80.8 Å². The molecule has 2 N–H and O–H groups in total. The Hall–Kier alpha value is -3.86. The van der Waals surface area contributed by atoms with Crippen LogP contribution in [0.3, 0.4) is 0 Å². The van der Waals surface area contributed by atoms with Crippen LogP contribution in [0.5, 0.6) is 0 Å². The van der Waals surface area contributed by atoms with E-state index in [2.05, 4.69) is 30.9 Å². The Morgan fingerprint density at radius 3 is 1.16 bits per heavy atom. The maximum Gasteiger partial charge on any atom is 0.246 e. The molecule has 18 heteroatoms. The zero-order valence-electron chi connectivity index (χ0n) is 29.2. The molecular weight excluding hydrogens is 731 g/mol. The van der Waals surface area contributed by atoms with Crippen molar-refractivity contribution < 1.29 is 35.5 Å². The van der Waals surface area contributed by atoms with Crippen molar-refractivity contribution >= 4 is 66.3 Å². The van der Waals surface area contributed by atoms with Crippen molar-refractivity contribution in [2.45, 2.75) is 99.4 Å². The van der Waals surface area contributed by atoms with E-state index in [1.165, 1.54) is 52.0 Å². The molecular formula is C32H40Cl2N6O8S2. The Morgan fingerprint density at radius 2 is 0.920 bits per heavy atom. The fraction of sp³-hybridized carbons (Fsp3) is 0.438. The van der Waals surface area contributed by atoms with Gasteiger partial charge in [0.25, 0.3) is 0 Å². The van der Waals surface area contributed by atoms with Crippen LogP contribution < -0.4 is 10.6 Å². The largest absolute Gasteiger partial charge is 0.359 e. The lowest BCUT2D eigenvalue weighted by Gasteiger charge is -2.23. The molecule has 0 bridgehead atoms. The summed E-state index contributed by atoms with van der Waals surface area (Å²) >= 11 is 11.4. The molecule has 0 radical (unpaired) electrons. The van der Waals surface area contributed by atoms with E-state index in [0.717, 1.165) is 12.4 Å². The summed E-state index contributed by atoms with van der Waals surface area (Å²) in [5, 5.41) is 12.9. The SMILES string of the molecule is CC(C)(C)c1cc(NC(=O)C(C)(C)S(=O)(=O)c2ccc(Cl)nc2)no1.CC(C)(C)c1cc(NC(=O)C(C)(C)S(=O)(=O)c2ccc(Cl)nc2)no1. The van der Waals surface area contributed by atoms with E-state index in [1.807, 2.05) is 41.5 Å². The number of carbonyl (C=O) groups excluding carboxylic acids is 2. The van der Waals surface area contributed by atoms with Gasteiger partial charge in [-0.2, -0.15) is 0 Å². The minimum atomic E-state index is -3.99. The number of rotatable bonds is 8. The van der Waals surface area contributed by atoms with Gasteiger partial charge in [0, 0.05) is 35.4 Å². The summed E-state index contributed by atoms with van der Waals surface area (Å²) in [7, 11) is -7.98. The second-order valence-corrected chi connectivity index (χ2v) is 20.0. The molecule has 14 nitrogen and oxygen atoms in total. The third-order valence-electron chi connectivity index (χ3n) is 7.44. The normalized spacial score (nSPS) is 12.9. The smallest absolute Gasteiger partial charge is 0.246 e. The van der Waals surface area contributed by atoms with Gasteiger partial charge in [-0.1, -0.05) is 75.1 Å². The fourth-order valence-corrected chi connectivity index (χ4v) is 6.65. The van der Waals surface area contributed by atoms with Crippen LogP contribution in [0.2, 0.25) is 10.3 Å². The number of carbonyl (C=O) groups is 2. The van der Waals surface area contributed by atoms with E-state index in [1.54, 1.807) is 12.1 Å². The first-order chi connectivity index (χ1) is 22.7. The maximum absolute atomic E-state index is 12.8. The summed E-state index contributed by atoms with van der Waals surface area (Å²) in [6.45, 7) is 16.9. The molecule has 0 spiro atoms. The first-order valence-electron chi connectivity index (χ1n) is 15.0. The molecule has 0 unspecified atom stereocenters. The summed E-state index contributed by atoms with van der Waals surface area (Å²) < 4.78 is 58.0. The molecule has 4 aromatic rings. The van der Waals surface area contributed by atoms with Crippen LogP contribution in [-0.2, 0) is 40.1 Å². The van der Waals surface area contributed by atoms with Crippen molar-refractivity contribution in [1.82, 2.24) is 20.3 Å². The fourth-order valence-electron chi connectivity index (χ4n) is 3.78. The van der Waals surface area contributed by atoms with Gasteiger partial charge in [0.05, 0.1) is 9.79 Å². The van der Waals surface area contributed by atoms with Crippen LogP contribution >= 0.6 is 23.2 Å². The first kappa shape index (κ1) is 40.6. The van der Waals surface area contributed by atoms with E-state index in [0.29, 0.717) is 11.5 Å². The highest BCUT2D eigenvalue weighted by Crippen LogP contribution is 2.30. The monoisotopic (exact) mass is 770 g/mol. The number of hydrogen-bond acceptors (Lipinski definition) is 12. The molecule has 0 aliphatic heterocycles. The summed E-state index contributed by atoms with van der Waals surface area (Å²) in [6.07, 6.45) is 2.25. The van der Waals surface area contributed by atoms with Crippen LogP contribution in [0.25, 0.3) is 0 Å². The number of aromatic nitrogens is 4. The molecule has 0 aromatic carbocycles. The average molecular weight is 772 g/mol. The van der Waals surface area contributed by atoms with Gasteiger partial charge in [0.1, 0.15) is 31.3 Å². The first-order valence-corrected chi connectivity index (χ1v) is 18.7. The molecule has 2 amide bonds. The number of pyridine rings is 2. The molecule has 0 saturated carbocycles. The van der Waals surface area contributed by atoms with E-state index in [9.17, 15) is 26.4 Å². The van der Waals surface area contributed by atoms with Crippen LogP contribution in [0.4, 0.5) is 11.6 Å². The molecule has 4 rings (SSSR count). The van der Waals surface area contributed by atoms with Crippen LogP contribution in [0, 0.1) is 0 Å². The second-order valence-electron chi connectivity index (χ2n) is 14.2. The van der Waals surface area contributed by atoms with Crippen molar-refractivity contribution in [3.05, 3.63) is 70.6 Å². The van der Waals surface area contributed by atoms with Gasteiger partial charge in [-0.15, -0.1) is 0 Å². The van der Waals surface area contributed by atoms with Crippen LogP contribution in [-0.4, -0.2) is 58.4 Å². The number of hydrogen-bond donors (Lipinski definition) is 2. The maximum atomic E-state index is 12.8. The van der Waals surface area contributed by atoms with Gasteiger partial charge >= 0.3 is 0 Å². The van der Waals surface area contributed by atoms with Gasteiger partial charge in [0.15, 0.2) is 31.3 Å². The highest BCUT2D eigenvalue weighted by Gasteiger charge is 2.44. The third kappa shape index (κ3) is 8.89. The van der Waals surface area contributed by atoms with Crippen molar-refractivity contribution in [3.63, 3.8) is 0 Å². The van der Waals surface area contributed by atoms with E-state index in [-0.39, 0.29) is 42.6 Å². The van der Waals surface area contributed by atoms with Crippen molar-refractivity contribution in [2.75, 3.05) is 10.6 Å². The molecule has 4 aromatic heterocycles. The van der Waals surface area contributed by atoms with Crippen molar-refractivity contribution in [2.24, 2.45) is 0 Å². The quantitative estimate of drug-likeness (QED) is 0.186. The Balaban J connectivity index is 0.000000270. The summed E-state index contributed by atoms with van der Waals surface area (Å²) in [4.78, 5) is 32.5. The number of halogens is 2.